The fraction of sp³-hybridized carbons (Fsp3) is 0.353. The van der Waals surface area contributed by atoms with E-state index in [0.717, 1.165) is 0 Å². The number of hydrogen-bond acceptors (Lipinski definition) is 8. The van der Waals surface area contributed by atoms with E-state index in [-0.39, 0.29) is 12.2 Å². The molecule has 2 heterocycles. The van der Waals surface area contributed by atoms with Crippen LogP contribution in [0.15, 0.2) is 29.1 Å². The van der Waals surface area contributed by atoms with Gasteiger partial charge >= 0.3 is 11.9 Å². The van der Waals surface area contributed by atoms with E-state index in [1.54, 1.807) is 24.3 Å². The van der Waals surface area contributed by atoms with E-state index in [4.69, 9.17) is 9.47 Å². The molecule has 1 aromatic heterocycles. The molecule has 1 aliphatic rings. The topological polar surface area (TPSA) is 119 Å². The van der Waals surface area contributed by atoms with Gasteiger partial charge < -0.3 is 14.4 Å². The zero-order valence-electron chi connectivity index (χ0n) is 14.5. The SMILES string of the molecule is COC(=O)[C@@H]1CN(C(=O)COC(=O)c2n[nH]c(=O)c3ccccc23)CCS1. The van der Waals surface area contributed by atoms with E-state index in [9.17, 15) is 19.2 Å². The molecule has 2 aromatic rings. The van der Waals surface area contributed by atoms with Crippen LogP contribution in [0.3, 0.4) is 0 Å². The number of nitrogens with zero attached hydrogens (tertiary/aromatic N) is 2. The minimum absolute atomic E-state index is 0.0698. The molecule has 0 aliphatic carbocycles. The highest BCUT2D eigenvalue weighted by molar-refractivity contribution is 8.00. The van der Waals surface area contributed by atoms with Crippen LogP contribution in [0.25, 0.3) is 10.8 Å². The van der Waals surface area contributed by atoms with E-state index >= 15 is 0 Å². The molecule has 1 fully saturated rings. The summed E-state index contributed by atoms with van der Waals surface area (Å²) in [4.78, 5) is 49.5. The number of rotatable bonds is 4. The average molecular weight is 391 g/mol. The van der Waals surface area contributed by atoms with Crippen LogP contribution in [-0.2, 0) is 19.1 Å². The Morgan fingerprint density at radius 3 is 2.78 bits per heavy atom. The summed E-state index contributed by atoms with van der Waals surface area (Å²) in [6.07, 6.45) is 0. The number of benzene rings is 1. The van der Waals surface area contributed by atoms with Crippen molar-refractivity contribution in [3.63, 3.8) is 0 Å². The van der Waals surface area contributed by atoms with Crippen molar-refractivity contribution >= 4 is 40.4 Å². The number of hydrogen-bond donors (Lipinski definition) is 1. The summed E-state index contributed by atoms with van der Waals surface area (Å²) in [5.74, 6) is -1.03. The van der Waals surface area contributed by atoms with Crippen LogP contribution in [0, 0.1) is 0 Å². The molecule has 0 saturated carbocycles. The lowest BCUT2D eigenvalue weighted by Crippen LogP contribution is -2.46. The van der Waals surface area contributed by atoms with Gasteiger partial charge in [0, 0.05) is 24.2 Å². The summed E-state index contributed by atoms with van der Waals surface area (Å²) in [5, 5.41) is 6.19. The summed E-state index contributed by atoms with van der Waals surface area (Å²) in [7, 11) is 1.30. The van der Waals surface area contributed by atoms with Gasteiger partial charge in [-0.3, -0.25) is 14.4 Å². The van der Waals surface area contributed by atoms with Crippen LogP contribution < -0.4 is 5.56 Å². The fourth-order valence-electron chi connectivity index (χ4n) is 2.71. The molecule has 1 atom stereocenters. The largest absolute Gasteiger partial charge is 0.468 e. The Labute approximate surface area is 158 Å². The lowest BCUT2D eigenvalue weighted by atomic mass is 10.1. The Balaban J connectivity index is 1.66. The third-order valence-corrected chi connectivity index (χ3v) is 5.26. The fourth-order valence-corrected chi connectivity index (χ4v) is 3.84. The minimum Gasteiger partial charge on any atom is -0.468 e. The van der Waals surface area contributed by atoms with Crippen LogP contribution in [0.5, 0.6) is 0 Å². The molecule has 9 nitrogen and oxygen atoms in total. The Kier molecular flexibility index (Phi) is 5.75. The highest BCUT2D eigenvalue weighted by Crippen LogP contribution is 2.20. The van der Waals surface area contributed by atoms with E-state index < -0.39 is 35.3 Å². The molecule has 3 rings (SSSR count). The van der Waals surface area contributed by atoms with Crippen molar-refractivity contribution in [2.75, 3.05) is 32.6 Å². The number of thioether (sulfide) groups is 1. The normalized spacial score (nSPS) is 16.8. The van der Waals surface area contributed by atoms with Gasteiger partial charge in [0.1, 0.15) is 5.25 Å². The predicted octanol–water partition coefficient (Wildman–Crippen LogP) is 0.197. The van der Waals surface area contributed by atoms with Gasteiger partial charge in [-0.1, -0.05) is 18.2 Å². The highest BCUT2D eigenvalue weighted by atomic mass is 32.2. The third kappa shape index (κ3) is 4.11. The summed E-state index contributed by atoms with van der Waals surface area (Å²) < 4.78 is 9.78. The van der Waals surface area contributed by atoms with Crippen LogP contribution in [0.2, 0.25) is 0 Å². The van der Waals surface area contributed by atoms with Crippen LogP contribution in [-0.4, -0.2) is 70.8 Å². The Bertz CT molecular complexity index is 944. The lowest BCUT2D eigenvalue weighted by Gasteiger charge is -2.30. The number of aromatic amines is 1. The van der Waals surface area contributed by atoms with E-state index in [1.165, 1.54) is 23.8 Å². The first-order chi connectivity index (χ1) is 13.0. The third-order valence-electron chi connectivity index (χ3n) is 4.10. The molecular weight excluding hydrogens is 374 g/mol. The van der Waals surface area contributed by atoms with Gasteiger partial charge in [-0.15, -0.1) is 11.8 Å². The first-order valence-corrected chi connectivity index (χ1v) is 9.18. The Morgan fingerprint density at radius 2 is 2.04 bits per heavy atom. The van der Waals surface area contributed by atoms with Gasteiger partial charge in [-0.05, 0) is 6.07 Å². The van der Waals surface area contributed by atoms with Crippen molar-refractivity contribution in [1.82, 2.24) is 15.1 Å². The number of methoxy groups -OCH3 is 1. The number of H-pyrrole nitrogens is 1. The van der Waals surface area contributed by atoms with Gasteiger partial charge in [0.15, 0.2) is 12.3 Å². The second kappa shape index (κ2) is 8.21. The number of amides is 1. The van der Waals surface area contributed by atoms with Gasteiger partial charge in [0.2, 0.25) is 0 Å². The van der Waals surface area contributed by atoms with E-state index in [2.05, 4.69) is 10.2 Å². The molecule has 0 spiro atoms. The van der Waals surface area contributed by atoms with E-state index in [0.29, 0.717) is 23.1 Å². The molecule has 1 aromatic carbocycles. The van der Waals surface area contributed by atoms with Crippen molar-refractivity contribution in [2.45, 2.75) is 5.25 Å². The summed E-state index contributed by atoms with van der Waals surface area (Å²) in [6, 6.07) is 6.49. The quantitative estimate of drug-likeness (QED) is 0.734. The maximum atomic E-state index is 12.3. The van der Waals surface area contributed by atoms with Crippen molar-refractivity contribution in [2.24, 2.45) is 0 Å². The molecule has 0 bridgehead atoms. The number of carbonyl (C=O) groups excluding carboxylic acids is 3. The maximum absolute atomic E-state index is 12.3. The van der Waals surface area contributed by atoms with E-state index in [1.807, 2.05) is 0 Å². The van der Waals surface area contributed by atoms with Crippen molar-refractivity contribution in [1.29, 1.82) is 0 Å². The summed E-state index contributed by atoms with van der Waals surface area (Å²) >= 11 is 1.42. The number of carbonyl (C=O) groups is 3. The molecular formula is C17H17N3O6S. The molecule has 1 N–H and O–H groups in total. The second-order valence-electron chi connectivity index (χ2n) is 5.75. The summed E-state index contributed by atoms with van der Waals surface area (Å²) in [6.45, 7) is 0.175. The lowest BCUT2D eigenvalue weighted by molar-refractivity contribution is -0.141. The first kappa shape index (κ1) is 18.9. The molecule has 0 radical (unpaired) electrons. The monoisotopic (exact) mass is 391 g/mol. The zero-order chi connectivity index (χ0) is 19.4. The number of fused-ring (bicyclic) bond motifs is 1. The van der Waals surface area contributed by atoms with Crippen LogP contribution in [0.1, 0.15) is 10.5 Å². The number of ether oxygens (including phenoxy) is 2. The van der Waals surface area contributed by atoms with Gasteiger partial charge in [0.05, 0.1) is 12.5 Å². The molecule has 27 heavy (non-hydrogen) atoms. The van der Waals surface area contributed by atoms with Crippen molar-refractivity contribution in [3.8, 4) is 0 Å². The van der Waals surface area contributed by atoms with Crippen LogP contribution in [0.4, 0.5) is 0 Å². The summed E-state index contributed by atoms with van der Waals surface area (Å²) in [5.41, 5.74) is -0.488. The molecule has 142 valence electrons. The predicted molar refractivity (Wildman–Crippen MR) is 97.5 cm³/mol. The number of aromatic nitrogens is 2. The molecule has 10 heteroatoms. The molecule has 0 unspecified atom stereocenters. The Hall–Kier alpha value is -2.88. The number of esters is 2. The van der Waals surface area contributed by atoms with Gasteiger partial charge in [-0.25, -0.2) is 9.89 Å². The first-order valence-electron chi connectivity index (χ1n) is 8.13. The maximum Gasteiger partial charge on any atom is 0.359 e. The second-order valence-corrected chi connectivity index (χ2v) is 7.06. The Morgan fingerprint density at radius 1 is 1.30 bits per heavy atom. The number of nitrogens with one attached hydrogen (secondary N) is 1. The van der Waals surface area contributed by atoms with Crippen molar-refractivity contribution in [3.05, 3.63) is 40.3 Å². The van der Waals surface area contributed by atoms with Gasteiger partial charge in [0.25, 0.3) is 11.5 Å². The van der Waals surface area contributed by atoms with Crippen molar-refractivity contribution < 1.29 is 23.9 Å². The minimum atomic E-state index is -0.813. The molecule has 1 aliphatic heterocycles. The zero-order valence-corrected chi connectivity index (χ0v) is 15.3. The standard InChI is InChI=1S/C17H17N3O6S/c1-25-16(23)12-8-20(6-7-27-12)13(21)9-26-17(24)14-10-4-2-3-5-11(10)15(22)19-18-14/h2-5,12H,6-9H2,1H3,(H,19,22)/t12-/m0/s1. The highest BCUT2D eigenvalue weighted by Gasteiger charge is 2.30. The molecule has 1 amide bonds. The molecule has 1 saturated heterocycles. The van der Waals surface area contributed by atoms with Gasteiger partial charge in [-0.2, -0.15) is 5.10 Å². The average Bonchev–Trinajstić information content (AvgIpc) is 2.71. The van der Waals surface area contributed by atoms with Crippen LogP contribution >= 0.6 is 11.8 Å². The smallest absolute Gasteiger partial charge is 0.359 e.